The molecule has 152 valence electrons. The van der Waals surface area contributed by atoms with Gasteiger partial charge in [0.15, 0.2) is 0 Å². The van der Waals surface area contributed by atoms with Gasteiger partial charge in [-0.2, -0.15) is 0 Å². The Labute approximate surface area is 164 Å². The van der Waals surface area contributed by atoms with Crippen molar-refractivity contribution in [3.8, 4) is 0 Å². The first-order chi connectivity index (χ1) is 12.6. The fourth-order valence-corrected chi connectivity index (χ4v) is 4.19. The number of rotatable bonds is 7. The molecular weight excluding hydrogens is 362 g/mol. The van der Waals surface area contributed by atoms with Gasteiger partial charge >= 0.3 is 0 Å². The third-order valence-electron chi connectivity index (χ3n) is 4.69. The Morgan fingerprint density at radius 3 is 2.41 bits per heavy atom. The van der Waals surface area contributed by atoms with Crippen LogP contribution in [0.4, 0.5) is 5.69 Å². The Balaban J connectivity index is 1.94. The molecule has 1 amide bonds. The van der Waals surface area contributed by atoms with Gasteiger partial charge in [-0.25, -0.2) is 8.42 Å². The number of benzene rings is 1. The van der Waals surface area contributed by atoms with Crippen LogP contribution in [-0.4, -0.2) is 62.6 Å². The summed E-state index contributed by atoms with van der Waals surface area (Å²) in [7, 11) is -3.36. The van der Waals surface area contributed by atoms with Crippen molar-refractivity contribution in [2.75, 3.05) is 43.2 Å². The molecule has 0 aromatic heterocycles. The number of nitrogens with zero attached hydrogens (tertiary/aromatic N) is 2. The van der Waals surface area contributed by atoms with Crippen molar-refractivity contribution < 1.29 is 13.2 Å². The molecule has 0 bridgehead atoms. The third-order valence-corrected chi connectivity index (χ3v) is 6.19. The lowest BCUT2D eigenvalue weighted by Crippen LogP contribution is -2.49. The molecular formula is C20H33N3O3S. The highest BCUT2D eigenvalue weighted by Gasteiger charge is 2.23. The minimum absolute atomic E-state index is 0.0398. The monoisotopic (exact) mass is 395 g/mol. The van der Waals surface area contributed by atoms with E-state index in [1.54, 1.807) is 24.3 Å². The molecule has 0 radical (unpaired) electrons. The Morgan fingerprint density at radius 1 is 1.15 bits per heavy atom. The number of hydrogen-bond donors (Lipinski definition) is 1. The maximum atomic E-state index is 12.8. The number of amides is 1. The predicted octanol–water partition coefficient (Wildman–Crippen LogP) is 3.03. The lowest BCUT2D eigenvalue weighted by atomic mass is 9.92. The number of sulfonamides is 1. The zero-order chi connectivity index (χ0) is 20.1. The molecule has 0 spiro atoms. The van der Waals surface area contributed by atoms with E-state index in [-0.39, 0.29) is 11.7 Å². The van der Waals surface area contributed by atoms with Crippen molar-refractivity contribution in [3.05, 3.63) is 29.8 Å². The average molecular weight is 396 g/mol. The summed E-state index contributed by atoms with van der Waals surface area (Å²) in [5.74, 6) is 0.0313. The van der Waals surface area contributed by atoms with E-state index in [1.165, 1.54) is 0 Å². The van der Waals surface area contributed by atoms with E-state index in [1.807, 2.05) is 11.8 Å². The van der Waals surface area contributed by atoms with Crippen LogP contribution < -0.4 is 4.72 Å². The van der Waals surface area contributed by atoms with Gasteiger partial charge in [0.25, 0.3) is 5.91 Å². The van der Waals surface area contributed by atoms with Crippen molar-refractivity contribution in [3.63, 3.8) is 0 Å². The van der Waals surface area contributed by atoms with Crippen molar-refractivity contribution in [1.82, 2.24) is 9.80 Å². The zero-order valence-corrected chi connectivity index (χ0v) is 17.8. The van der Waals surface area contributed by atoms with Gasteiger partial charge in [-0.05, 0) is 43.0 Å². The summed E-state index contributed by atoms with van der Waals surface area (Å²) in [5, 5.41) is 0. The van der Waals surface area contributed by atoms with E-state index in [2.05, 4.69) is 30.4 Å². The van der Waals surface area contributed by atoms with Gasteiger partial charge in [0.1, 0.15) is 0 Å². The second-order valence-electron chi connectivity index (χ2n) is 8.45. The maximum Gasteiger partial charge on any atom is 0.254 e. The predicted molar refractivity (Wildman–Crippen MR) is 111 cm³/mol. The standard InChI is InChI=1S/C20H33N3O3S/c1-5-15-27(25,26)21-18-8-6-7-17(16-18)19(24)23-13-11-22(12-14-23)10-9-20(2,3)4/h6-8,16,21H,5,9-15H2,1-4H3. The molecule has 1 aromatic carbocycles. The first-order valence-corrected chi connectivity index (χ1v) is 11.4. The Hall–Kier alpha value is -1.60. The Morgan fingerprint density at radius 2 is 1.81 bits per heavy atom. The highest BCUT2D eigenvalue weighted by Crippen LogP contribution is 2.20. The smallest absolute Gasteiger partial charge is 0.254 e. The fourth-order valence-electron chi connectivity index (χ4n) is 3.07. The summed E-state index contributed by atoms with van der Waals surface area (Å²) in [5.41, 5.74) is 1.28. The van der Waals surface area contributed by atoms with Gasteiger partial charge in [-0.3, -0.25) is 14.4 Å². The first kappa shape index (κ1) is 21.7. The molecule has 1 aromatic rings. The van der Waals surface area contributed by atoms with Crippen LogP contribution in [0.5, 0.6) is 0 Å². The molecule has 6 nitrogen and oxygen atoms in total. The van der Waals surface area contributed by atoms with Crippen molar-refractivity contribution in [2.45, 2.75) is 40.5 Å². The Kier molecular flexibility index (Phi) is 7.28. The molecule has 1 N–H and O–H groups in total. The van der Waals surface area contributed by atoms with Gasteiger partial charge in [-0.1, -0.05) is 33.8 Å². The van der Waals surface area contributed by atoms with Crippen LogP contribution in [0.2, 0.25) is 0 Å². The van der Waals surface area contributed by atoms with E-state index in [4.69, 9.17) is 0 Å². The number of hydrogen-bond acceptors (Lipinski definition) is 4. The van der Waals surface area contributed by atoms with Crippen molar-refractivity contribution in [1.29, 1.82) is 0 Å². The molecule has 7 heteroatoms. The van der Waals surface area contributed by atoms with Crippen LogP contribution in [0.1, 0.15) is 50.9 Å². The van der Waals surface area contributed by atoms with Crippen LogP contribution >= 0.6 is 0 Å². The highest BCUT2D eigenvalue weighted by atomic mass is 32.2. The normalized spacial score (nSPS) is 16.4. The van der Waals surface area contributed by atoms with E-state index in [0.717, 1.165) is 26.1 Å². The van der Waals surface area contributed by atoms with Crippen LogP contribution in [0.15, 0.2) is 24.3 Å². The first-order valence-electron chi connectivity index (χ1n) is 9.72. The molecule has 0 saturated carbocycles. The quantitative estimate of drug-likeness (QED) is 0.770. The minimum Gasteiger partial charge on any atom is -0.336 e. The van der Waals surface area contributed by atoms with Crippen LogP contribution in [0.3, 0.4) is 0 Å². The molecule has 1 saturated heterocycles. The lowest BCUT2D eigenvalue weighted by Gasteiger charge is -2.36. The SMILES string of the molecule is CCCS(=O)(=O)Nc1cccc(C(=O)N2CCN(CCC(C)(C)C)CC2)c1. The summed E-state index contributed by atoms with van der Waals surface area (Å²) >= 11 is 0. The van der Waals surface area contributed by atoms with Crippen molar-refractivity contribution >= 4 is 21.6 Å². The summed E-state index contributed by atoms with van der Waals surface area (Å²) in [4.78, 5) is 17.1. The molecule has 1 heterocycles. The van der Waals surface area contributed by atoms with E-state index < -0.39 is 10.0 Å². The molecule has 1 aliphatic heterocycles. The molecule has 0 aliphatic carbocycles. The fraction of sp³-hybridized carbons (Fsp3) is 0.650. The Bertz CT molecular complexity index is 733. The lowest BCUT2D eigenvalue weighted by molar-refractivity contribution is 0.0623. The van der Waals surface area contributed by atoms with E-state index >= 15 is 0 Å². The van der Waals surface area contributed by atoms with Crippen LogP contribution in [0, 0.1) is 5.41 Å². The highest BCUT2D eigenvalue weighted by molar-refractivity contribution is 7.92. The molecule has 0 atom stereocenters. The minimum atomic E-state index is -3.36. The van der Waals surface area contributed by atoms with Gasteiger partial charge in [-0.15, -0.1) is 0 Å². The molecule has 1 fully saturated rings. The number of carbonyl (C=O) groups is 1. The molecule has 2 rings (SSSR count). The molecule has 27 heavy (non-hydrogen) atoms. The van der Waals surface area contributed by atoms with Gasteiger partial charge in [0.05, 0.1) is 5.75 Å². The largest absolute Gasteiger partial charge is 0.336 e. The van der Waals surface area contributed by atoms with Gasteiger partial charge in [0, 0.05) is 37.4 Å². The van der Waals surface area contributed by atoms with Crippen LogP contribution in [0.25, 0.3) is 0 Å². The second-order valence-corrected chi connectivity index (χ2v) is 10.3. The van der Waals surface area contributed by atoms with Crippen molar-refractivity contribution in [2.24, 2.45) is 5.41 Å². The number of carbonyl (C=O) groups excluding carboxylic acids is 1. The number of anilines is 1. The third kappa shape index (κ3) is 7.14. The van der Waals surface area contributed by atoms with E-state index in [0.29, 0.717) is 36.2 Å². The summed E-state index contributed by atoms with van der Waals surface area (Å²) in [6, 6.07) is 6.76. The van der Waals surface area contributed by atoms with Gasteiger partial charge in [0.2, 0.25) is 10.0 Å². The summed E-state index contributed by atoms with van der Waals surface area (Å²) in [6.07, 6.45) is 1.69. The van der Waals surface area contributed by atoms with Gasteiger partial charge < -0.3 is 4.90 Å². The topological polar surface area (TPSA) is 69.7 Å². The number of piperazine rings is 1. The zero-order valence-electron chi connectivity index (χ0n) is 17.0. The molecule has 0 unspecified atom stereocenters. The molecule has 1 aliphatic rings. The average Bonchev–Trinajstić information content (AvgIpc) is 2.59. The van der Waals surface area contributed by atoms with Crippen LogP contribution in [-0.2, 0) is 10.0 Å². The maximum absolute atomic E-state index is 12.8. The second kappa shape index (κ2) is 9.06. The number of nitrogens with one attached hydrogen (secondary N) is 1. The summed E-state index contributed by atoms with van der Waals surface area (Å²) < 4.78 is 26.4. The summed E-state index contributed by atoms with van der Waals surface area (Å²) in [6.45, 7) is 12.8. The van der Waals surface area contributed by atoms with E-state index in [9.17, 15) is 13.2 Å².